The van der Waals surface area contributed by atoms with Gasteiger partial charge in [0.1, 0.15) is 5.60 Å². The van der Waals surface area contributed by atoms with Crippen LogP contribution in [0.25, 0.3) is 0 Å². The largest absolute Gasteiger partial charge is 0.396 e. The molecule has 0 amide bonds. The lowest BCUT2D eigenvalue weighted by atomic mass is 9.62. The molecule has 146 valence electrons. The van der Waals surface area contributed by atoms with Crippen molar-refractivity contribution in [2.45, 2.75) is 45.1 Å². The number of aromatic nitrogens is 1. The molecule has 1 atom stereocenters. The maximum Gasteiger partial charge on any atom is 0.124 e. The van der Waals surface area contributed by atoms with Crippen molar-refractivity contribution in [3.8, 4) is 0 Å². The van der Waals surface area contributed by atoms with Gasteiger partial charge >= 0.3 is 0 Å². The number of rotatable bonds is 7. The highest BCUT2D eigenvalue weighted by molar-refractivity contribution is 5.41. The van der Waals surface area contributed by atoms with E-state index >= 15 is 0 Å². The van der Waals surface area contributed by atoms with E-state index in [0.717, 1.165) is 36.2 Å². The minimum absolute atomic E-state index is 0.160. The molecular formula is C23H32N2O2. The van der Waals surface area contributed by atoms with E-state index in [1.165, 1.54) is 5.56 Å². The van der Waals surface area contributed by atoms with Gasteiger partial charge < -0.3 is 15.1 Å². The molecule has 2 aromatic rings. The second-order valence-electron chi connectivity index (χ2n) is 8.63. The lowest BCUT2D eigenvalue weighted by Crippen LogP contribution is -2.63. The standard InChI is InChI=1S/C23H32N2O2/c1-17(2)19-7-9-20(10-8-19)23(27,22(3)15-25(4)16-22)21-12-18(6-5-11-26)13-24-14-21/h7-10,12-14,17,26-27H,5-6,11,15-16H2,1-4H3/t23-/m0/s1. The van der Waals surface area contributed by atoms with Gasteiger partial charge in [-0.3, -0.25) is 4.98 Å². The highest BCUT2D eigenvalue weighted by atomic mass is 16.3. The van der Waals surface area contributed by atoms with Crippen LogP contribution in [-0.2, 0) is 12.0 Å². The van der Waals surface area contributed by atoms with Crippen molar-refractivity contribution in [3.63, 3.8) is 0 Å². The molecule has 1 aromatic carbocycles. The Morgan fingerprint density at radius 2 is 1.81 bits per heavy atom. The summed E-state index contributed by atoms with van der Waals surface area (Å²) in [6.45, 7) is 8.33. The zero-order valence-electron chi connectivity index (χ0n) is 16.9. The van der Waals surface area contributed by atoms with E-state index in [1.54, 1.807) is 6.20 Å². The fourth-order valence-electron chi connectivity index (χ4n) is 4.45. The van der Waals surface area contributed by atoms with Crippen LogP contribution in [0.4, 0.5) is 0 Å². The number of aliphatic hydroxyl groups is 2. The van der Waals surface area contributed by atoms with Gasteiger partial charge in [-0.2, -0.15) is 0 Å². The molecule has 0 radical (unpaired) electrons. The van der Waals surface area contributed by atoms with Crippen LogP contribution in [-0.4, -0.2) is 46.8 Å². The first-order valence-corrected chi connectivity index (χ1v) is 9.87. The predicted molar refractivity (Wildman–Crippen MR) is 109 cm³/mol. The Kier molecular flexibility index (Phi) is 5.71. The quantitative estimate of drug-likeness (QED) is 0.787. The van der Waals surface area contributed by atoms with Crippen LogP contribution < -0.4 is 0 Å². The van der Waals surface area contributed by atoms with Gasteiger partial charge in [0.15, 0.2) is 0 Å². The fraction of sp³-hybridized carbons (Fsp3) is 0.522. The van der Waals surface area contributed by atoms with Crippen LogP contribution >= 0.6 is 0 Å². The van der Waals surface area contributed by atoms with E-state index < -0.39 is 5.60 Å². The summed E-state index contributed by atoms with van der Waals surface area (Å²) >= 11 is 0. The van der Waals surface area contributed by atoms with E-state index in [0.29, 0.717) is 12.3 Å². The Labute approximate surface area is 162 Å². The minimum atomic E-state index is -1.10. The number of aryl methyl sites for hydroxylation is 1. The number of hydrogen-bond donors (Lipinski definition) is 2. The molecule has 0 bridgehead atoms. The summed E-state index contributed by atoms with van der Waals surface area (Å²) in [7, 11) is 2.08. The molecule has 1 fully saturated rings. The third-order valence-electron chi connectivity index (χ3n) is 5.94. The highest BCUT2D eigenvalue weighted by Gasteiger charge is 2.55. The van der Waals surface area contributed by atoms with Crippen LogP contribution in [0.15, 0.2) is 42.7 Å². The fourth-order valence-corrected chi connectivity index (χ4v) is 4.45. The van der Waals surface area contributed by atoms with Gasteiger partial charge in [0, 0.05) is 43.1 Å². The topological polar surface area (TPSA) is 56.6 Å². The van der Waals surface area contributed by atoms with Gasteiger partial charge in [-0.1, -0.05) is 45.0 Å². The van der Waals surface area contributed by atoms with Crippen LogP contribution in [0, 0.1) is 5.41 Å². The van der Waals surface area contributed by atoms with Crippen LogP contribution in [0.5, 0.6) is 0 Å². The molecule has 4 heteroatoms. The van der Waals surface area contributed by atoms with E-state index in [2.05, 4.69) is 68.0 Å². The van der Waals surface area contributed by atoms with Crippen molar-refractivity contribution in [2.75, 3.05) is 26.7 Å². The van der Waals surface area contributed by atoms with Crippen molar-refractivity contribution in [1.29, 1.82) is 0 Å². The lowest BCUT2D eigenvalue weighted by Gasteiger charge is -2.56. The van der Waals surface area contributed by atoms with Gasteiger partial charge in [0.25, 0.3) is 0 Å². The lowest BCUT2D eigenvalue weighted by molar-refractivity contribution is -0.127. The average molecular weight is 369 g/mol. The first-order chi connectivity index (χ1) is 12.8. The Bertz CT molecular complexity index is 766. The first kappa shape index (κ1) is 20.0. The van der Waals surface area contributed by atoms with Gasteiger partial charge in [-0.15, -0.1) is 0 Å². The summed E-state index contributed by atoms with van der Waals surface area (Å²) in [5.41, 5.74) is 2.70. The van der Waals surface area contributed by atoms with Crippen LogP contribution in [0.2, 0.25) is 0 Å². The maximum atomic E-state index is 12.1. The molecule has 1 aliphatic heterocycles. The number of benzene rings is 1. The Hall–Kier alpha value is -1.75. The number of likely N-dealkylation sites (tertiary alicyclic amines) is 1. The smallest absolute Gasteiger partial charge is 0.124 e. The summed E-state index contributed by atoms with van der Waals surface area (Å²) in [6, 6.07) is 10.4. The predicted octanol–water partition coefficient (Wildman–Crippen LogP) is 3.32. The third kappa shape index (κ3) is 3.66. The maximum absolute atomic E-state index is 12.1. The minimum Gasteiger partial charge on any atom is -0.396 e. The molecule has 3 rings (SSSR count). The molecule has 0 spiro atoms. The number of pyridine rings is 1. The van der Waals surface area contributed by atoms with E-state index in [4.69, 9.17) is 5.11 Å². The van der Waals surface area contributed by atoms with Gasteiger partial charge in [0.2, 0.25) is 0 Å². The normalized spacial score (nSPS) is 18.9. The van der Waals surface area contributed by atoms with E-state index in [1.807, 2.05) is 6.20 Å². The van der Waals surface area contributed by atoms with Crippen molar-refractivity contribution in [3.05, 3.63) is 65.0 Å². The van der Waals surface area contributed by atoms with Gasteiger partial charge in [-0.25, -0.2) is 0 Å². The summed E-state index contributed by atoms with van der Waals surface area (Å²) < 4.78 is 0. The average Bonchev–Trinajstić information content (AvgIpc) is 2.64. The molecule has 0 saturated carbocycles. The molecule has 4 nitrogen and oxygen atoms in total. The summed E-state index contributed by atoms with van der Waals surface area (Å²) in [5.74, 6) is 0.459. The molecule has 0 unspecified atom stereocenters. The Balaban J connectivity index is 2.06. The molecule has 27 heavy (non-hydrogen) atoms. The molecular weight excluding hydrogens is 336 g/mol. The second-order valence-corrected chi connectivity index (χ2v) is 8.63. The molecule has 1 aromatic heterocycles. The summed E-state index contributed by atoms with van der Waals surface area (Å²) in [4.78, 5) is 6.64. The SMILES string of the molecule is CC(C)c1ccc([C@](O)(c2cncc(CCCO)c2)C2(C)CN(C)C2)cc1. The Morgan fingerprint density at radius 3 is 2.37 bits per heavy atom. The molecule has 2 N–H and O–H groups in total. The number of hydrogen-bond acceptors (Lipinski definition) is 4. The second kappa shape index (κ2) is 7.70. The monoisotopic (exact) mass is 368 g/mol. The van der Waals surface area contributed by atoms with Crippen molar-refractivity contribution >= 4 is 0 Å². The van der Waals surface area contributed by atoms with E-state index in [9.17, 15) is 5.11 Å². The highest BCUT2D eigenvalue weighted by Crippen LogP contribution is 2.50. The molecule has 2 heterocycles. The zero-order chi connectivity index (χ0) is 19.7. The Morgan fingerprint density at radius 1 is 1.15 bits per heavy atom. The van der Waals surface area contributed by atoms with Gasteiger partial charge in [0.05, 0.1) is 0 Å². The summed E-state index contributed by atoms with van der Waals surface area (Å²) in [5, 5.41) is 21.2. The number of aliphatic hydroxyl groups excluding tert-OH is 1. The van der Waals surface area contributed by atoms with Crippen LogP contribution in [0.3, 0.4) is 0 Å². The van der Waals surface area contributed by atoms with Gasteiger partial charge in [-0.05, 0) is 48.6 Å². The van der Waals surface area contributed by atoms with Crippen LogP contribution in [0.1, 0.15) is 55.4 Å². The number of nitrogens with zero attached hydrogens (tertiary/aromatic N) is 2. The van der Waals surface area contributed by atoms with Crippen molar-refractivity contribution in [2.24, 2.45) is 5.41 Å². The molecule has 1 aliphatic rings. The molecule has 1 saturated heterocycles. The first-order valence-electron chi connectivity index (χ1n) is 9.87. The van der Waals surface area contributed by atoms with E-state index in [-0.39, 0.29) is 12.0 Å². The zero-order valence-corrected chi connectivity index (χ0v) is 16.9. The summed E-state index contributed by atoms with van der Waals surface area (Å²) in [6.07, 6.45) is 5.09. The molecule has 0 aliphatic carbocycles. The van der Waals surface area contributed by atoms with Crippen molar-refractivity contribution in [1.82, 2.24) is 9.88 Å². The van der Waals surface area contributed by atoms with Crippen molar-refractivity contribution < 1.29 is 10.2 Å². The third-order valence-corrected chi connectivity index (χ3v) is 5.94.